The Balaban J connectivity index is 2.49. The Morgan fingerprint density at radius 2 is 2.12 bits per heavy atom. The molecule has 0 fully saturated rings. The first kappa shape index (κ1) is 12.9. The van der Waals surface area contributed by atoms with Crippen LogP contribution in [0.25, 0.3) is 0 Å². The van der Waals surface area contributed by atoms with Crippen LogP contribution in [0.1, 0.15) is 26.3 Å². The largest absolute Gasteiger partial charge is 0.347 e. The average Bonchev–Trinajstić information content (AvgIpc) is 2.22. The summed E-state index contributed by atoms with van der Waals surface area (Å²) >= 11 is 0. The van der Waals surface area contributed by atoms with Gasteiger partial charge in [-0.1, -0.05) is 13.8 Å². The number of aromatic nitrogens is 2. The molecule has 0 aliphatic carbocycles. The second-order valence-electron chi connectivity index (χ2n) is 4.59. The van der Waals surface area contributed by atoms with Crippen molar-refractivity contribution in [3.63, 3.8) is 0 Å². The molecule has 16 heavy (non-hydrogen) atoms. The first-order valence-electron chi connectivity index (χ1n) is 5.77. The predicted octanol–water partition coefficient (Wildman–Crippen LogP) is 1.19. The second kappa shape index (κ2) is 5.80. The van der Waals surface area contributed by atoms with Crippen LogP contribution in [-0.4, -0.2) is 22.1 Å². The van der Waals surface area contributed by atoms with E-state index in [0.717, 1.165) is 12.1 Å². The molecule has 1 aromatic rings. The summed E-state index contributed by atoms with van der Waals surface area (Å²) in [5, 5.41) is 3.39. The van der Waals surface area contributed by atoms with Crippen LogP contribution in [0.2, 0.25) is 0 Å². The summed E-state index contributed by atoms with van der Waals surface area (Å²) in [6.45, 7) is 9.92. The number of aryl methyl sites for hydroxylation is 1. The predicted molar refractivity (Wildman–Crippen MR) is 65.5 cm³/mol. The summed E-state index contributed by atoms with van der Waals surface area (Å²) < 4.78 is 1.65. The van der Waals surface area contributed by atoms with Gasteiger partial charge in [0.15, 0.2) is 0 Å². The summed E-state index contributed by atoms with van der Waals surface area (Å²) in [6, 6.07) is 0.466. The smallest absolute Gasteiger partial charge is 0.312 e. The quantitative estimate of drug-likeness (QED) is 0.815. The molecule has 4 nitrogen and oxygen atoms in total. The van der Waals surface area contributed by atoms with E-state index in [-0.39, 0.29) is 5.69 Å². The molecule has 4 heteroatoms. The molecule has 1 atom stereocenters. The van der Waals surface area contributed by atoms with Crippen molar-refractivity contribution < 1.29 is 0 Å². The number of hydrogen-bond donors (Lipinski definition) is 1. The highest BCUT2D eigenvalue weighted by Crippen LogP contribution is 1.98. The topological polar surface area (TPSA) is 46.9 Å². The van der Waals surface area contributed by atoms with Crippen LogP contribution < -0.4 is 11.0 Å². The third-order valence-corrected chi connectivity index (χ3v) is 2.80. The van der Waals surface area contributed by atoms with Gasteiger partial charge in [-0.2, -0.15) is 0 Å². The van der Waals surface area contributed by atoms with E-state index >= 15 is 0 Å². The zero-order valence-corrected chi connectivity index (χ0v) is 10.5. The monoisotopic (exact) mass is 223 g/mol. The molecule has 1 N–H and O–H groups in total. The Bertz CT molecular complexity index is 384. The van der Waals surface area contributed by atoms with E-state index in [4.69, 9.17) is 0 Å². The van der Waals surface area contributed by atoms with Crippen molar-refractivity contribution >= 4 is 0 Å². The standard InChI is InChI=1S/C12H21N3O/c1-9(2)11(4)13-5-6-15-8-10(3)7-14-12(15)16/h7-9,11,13H,5-6H2,1-4H3. The second-order valence-corrected chi connectivity index (χ2v) is 4.59. The summed E-state index contributed by atoms with van der Waals surface area (Å²) in [4.78, 5) is 15.2. The molecule has 1 heterocycles. The molecular formula is C12H21N3O. The van der Waals surface area contributed by atoms with Gasteiger partial charge in [0, 0.05) is 31.5 Å². The Hall–Kier alpha value is -1.16. The van der Waals surface area contributed by atoms with Crippen molar-refractivity contribution in [1.29, 1.82) is 0 Å². The van der Waals surface area contributed by atoms with Gasteiger partial charge in [-0.25, -0.2) is 9.78 Å². The fourth-order valence-corrected chi connectivity index (χ4v) is 1.37. The minimum absolute atomic E-state index is 0.176. The van der Waals surface area contributed by atoms with Crippen LogP contribution in [0.3, 0.4) is 0 Å². The van der Waals surface area contributed by atoms with E-state index in [1.807, 2.05) is 13.1 Å². The molecular weight excluding hydrogens is 202 g/mol. The van der Waals surface area contributed by atoms with Crippen molar-refractivity contribution in [1.82, 2.24) is 14.9 Å². The zero-order chi connectivity index (χ0) is 12.1. The molecule has 0 spiro atoms. The molecule has 1 rings (SSSR count). The Labute approximate surface area is 96.7 Å². The lowest BCUT2D eigenvalue weighted by Gasteiger charge is -2.17. The Morgan fingerprint density at radius 1 is 1.44 bits per heavy atom. The molecule has 1 unspecified atom stereocenters. The molecule has 1 aromatic heterocycles. The van der Waals surface area contributed by atoms with E-state index in [1.54, 1.807) is 10.8 Å². The first-order valence-corrected chi connectivity index (χ1v) is 5.77. The Kier molecular flexibility index (Phi) is 4.68. The maximum Gasteiger partial charge on any atom is 0.347 e. The molecule has 0 saturated carbocycles. The number of nitrogens with one attached hydrogen (secondary N) is 1. The van der Waals surface area contributed by atoms with Crippen LogP contribution >= 0.6 is 0 Å². The van der Waals surface area contributed by atoms with Crippen LogP contribution in [0.4, 0.5) is 0 Å². The lowest BCUT2D eigenvalue weighted by atomic mass is 10.1. The first-order chi connectivity index (χ1) is 7.50. The highest BCUT2D eigenvalue weighted by Gasteiger charge is 2.05. The summed E-state index contributed by atoms with van der Waals surface area (Å²) in [5.74, 6) is 0.604. The van der Waals surface area contributed by atoms with Gasteiger partial charge in [0.2, 0.25) is 0 Å². The zero-order valence-electron chi connectivity index (χ0n) is 10.5. The maximum atomic E-state index is 11.4. The minimum atomic E-state index is -0.176. The highest BCUT2D eigenvalue weighted by molar-refractivity contribution is 4.99. The van der Waals surface area contributed by atoms with E-state index in [2.05, 4.69) is 31.1 Å². The average molecular weight is 223 g/mol. The maximum absolute atomic E-state index is 11.4. The summed E-state index contributed by atoms with van der Waals surface area (Å²) in [5.41, 5.74) is 0.834. The third-order valence-electron chi connectivity index (χ3n) is 2.80. The third kappa shape index (κ3) is 3.77. The van der Waals surface area contributed by atoms with Gasteiger partial charge >= 0.3 is 5.69 Å². The van der Waals surface area contributed by atoms with E-state index < -0.39 is 0 Å². The molecule has 0 radical (unpaired) electrons. The molecule has 0 aliphatic rings. The summed E-state index contributed by atoms with van der Waals surface area (Å²) in [7, 11) is 0. The van der Waals surface area contributed by atoms with E-state index in [1.165, 1.54) is 0 Å². The molecule has 0 amide bonds. The van der Waals surface area contributed by atoms with Crippen LogP contribution in [0.15, 0.2) is 17.2 Å². The SMILES string of the molecule is Cc1cnc(=O)n(CCNC(C)C(C)C)c1. The molecule has 0 saturated heterocycles. The molecule has 0 bridgehead atoms. The van der Waals surface area contributed by atoms with Crippen molar-refractivity contribution in [3.05, 3.63) is 28.4 Å². The highest BCUT2D eigenvalue weighted by atomic mass is 16.1. The minimum Gasteiger partial charge on any atom is -0.312 e. The van der Waals surface area contributed by atoms with E-state index in [9.17, 15) is 4.79 Å². The van der Waals surface area contributed by atoms with Crippen molar-refractivity contribution in [2.45, 2.75) is 40.3 Å². The van der Waals surface area contributed by atoms with Gasteiger partial charge in [-0.3, -0.25) is 4.57 Å². The number of nitrogens with zero attached hydrogens (tertiary/aromatic N) is 2. The van der Waals surface area contributed by atoms with Gasteiger partial charge < -0.3 is 5.32 Å². The fourth-order valence-electron chi connectivity index (χ4n) is 1.37. The van der Waals surface area contributed by atoms with Crippen LogP contribution in [0, 0.1) is 12.8 Å². The lowest BCUT2D eigenvalue weighted by Crippen LogP contribution is -2.35. The van der Waals surface area contributed by atoms with Crippen LogP contribution in [0.5, 0.6) is 0 Å². The number of rotatable bonds is 5. The van der Waals surface area contributed by atoms with Crippen molar-refractivity contribution in [2.75, 3.05) is 6.54 Å². The Morgan fingerprint density at radius 3 is 2.75 bits per heavy atom. The normalized spacial score (nSPS) is 13.1. The van der Waals surface area contributed by atoms with Gasteiger partial charge in [-0.15, -0.1) is 0 Å². The lowest BCUT2D eigenvalue weighted by molar-refractivity contribution is 0.414. The van der Waals surface area contributed by atoms with Gasteiger partial charge in [0.25, 0.3) is 0 Å². The summed E-state index contributed by atoms with van der Waals surface area (Å²) in [6.07, 6.45) is 3.44. The molecule has 90 valence electrons. The fraction of sp³-hybridized carbons (Fsp3) is 0.667. The van der Waals surface area contributed by atoms with Crippen molar-refractivity contribution in [3.8, 4) is 0 Å². The van der Waals surface area contributed by atoms with Gasteiger partial charge in [0.05, 0.1) is 0 Å². The van der Waals surface area contributed by atoms with Crippen molar-refractivity contribution in [2.24, 2.45) is 5.92 Å². The van der Waals surface area contributed by atoms with Gasteiger partial charge in [-0.05, 0) is 25.3 Å². The van der Waals surface area contributed by atoms with Gasteiger partial charge in [0.1, 0.15) is 0 Å². The molecule has 0 aliphatic heterocycles. The van der Waals surface area contributed by atoms with E-state index in [0.29, 0.717) is 18.5 Å². The van der Waals surface area contributed by atoms with Crippen LogP contribution in [-0.2, 0) is 6.54 Å². The molecule has 0 aromatic carbocycles. The number of hydrogen-bond acceptors (Lipinski definition) is 3.